The lowest BCUT2D eigenvalue weighted by Gasteiger charge is -2.24. The van der Waals surface area contributed by atoms with Gasteiger partial charge in [-0.3, -0.25) is 9.59 Å². The van der Waals surface area contributed by atoms with E-state index in [0.717, 1.165) is 12.8 Å². The van der Waals surface area contributed by atoms with Crippen LogP contribution in [0.2, 0.25) is 0 Å². The zero-order valence-electron chi connectivity index (χ0n) is 14.7. The first-order valence-corrected chi connectivity index (χ1v) is 9.22. The quantitative estimate of drug-likeness (QED) is 0.677. The van der Waals surface area contributed by atoms with Gasteiger partial charge in [0.25, 0.3) is 5.91 Å². The van der Waals surface area contributed by atoms with Gasteiger partial charge in [-0.05, 0) is 56.3 Å². The summed E-state index contributed by atoms with van der Waals surface area (Å²) in [5, 5.41) is 7.77. The number of carbonyl (C=O) groups excluding carboxylic acids is 2. The van der Waals surface area contributed by atoms with Crippen molar-refractivity contribution in [2.24, 2.45) is 5.73 Å². The van der Waals surface area contributed by atoms with Gasteiger partial charge in [-0.2, -0.15) is 0 Å². The molecule has 1 aromatic heterocycles. The minimum absolute atomic E-state index is 0.0450. The van der Waals surface area contributed by atoms with Crippen LogP contribution in [0.4, 0.5) is 5.69 Å². The molecule has 1 aromatic carbocycles. The molecule has 0 aliphatic rings. The van der Waals surface area contributed by atoms with Gasteiger partial charge in [0.1, 0.15) is 0 Å². The molecule has 0 saturated heterocycles. The fraction of sp³-hybridized carbons (Fsp3) is 0.368. The van der Waals surface area contributed by atoms with Crippen molar-refractivity contribution < 1.29 is 9.59 Å². The highest BCUT2D eigenvalue weighted by Gasteiger charge is 2.19. The second-order valence-electron chi connectivity index (χ2n) is 6.60. The number of rotatable bonds is 8. The molecule has 2 amide bonds. The van der Waals surface area contributed by atoms with Gasteiger partial charge in [-0.15, -0.1) is 11.3 Å². The van der Waals surface area contributed by atoms with Crippen LogP contribution in [0.1, 0.15) is 41.9 Å². The molecular formula is C19H25N3O2S. The summed E-state index contributed by atoms with van der Waals surface area (Å²) in [6.07, 6.45) is 2.16. The second kappa shape index (κ2) is 8.78. The standard InChI is InChI=1S/C19H25N3O2S/c1-19(2,13-20)22-18(24)14-6-3-7-15(12-14)21-17(23)10-4-8-16-9-5-11-25-16/h3,5-7,9,11-12H,4,8,10,13,20H2,1-2H3,(H,21,23)(H,22,24). The SMILES string of the molecule is CC(C)(CN)NC(=O)c1cccc(NC(=O)CCCc2cccs2)c1. The fourth-order valence-electron chi connectivity index (χ4n) is 2.27. The molecule has 0 aliphatic heterocycles. The Kier molecular flexibility index (Phi) is 6.73. The van der Waals surface area contributed by atoms with Crippen molar-refractivity contribution in [1.82, 2.24) is 5.32 Å². The van der Waals surface area contributed by atoms with Crippen molar-refractivity contribution in [3.8, 4) is 0 Å². The van der Waals surface area contributed by atoms with E-state index in [1.807, 2.05) is 25.3 Å². The molecule has 0 radical (unpaired) electrons. The topological polar surface area (TPSA) is 84.2 Å². The third kappa shape index (κ3) is 6.32. The molecule has 0 spiro atoms. The highest BCUT2D eigenvalue weighted by atomic mass is 32.1. The van der Waals surface area contributed by atoms with Crippen LogP contribution in [0.5, 0.6) is 0 Å². The largest absolute Gasteiger partial charge is 0.346 e. The molecular weight excluding hydrogens is 334 g/mol. The summed E-state index contributed by atoms with van der Waals surface area (Å²) in [6.45, 7) is 4.08. The predicted octanol–water partition coefficient (Wildman–Crippen LogP) is 3.18. The summed E-state index contributed by atoms with van der Waals surface area (Å²) in [4.78, 5) is 25.6. The molecule has 0 fully saturated rings. The number of hydrogen-bond donors (Lipinski definition) is 3. The van der Waals surface area contributed by atoms with E-state index in [2.05, 4.69) is 16.7 Å². The van der Waals surface area contributed by atoms with Crippen LogP contribution in [0.3, 0.4) is 0 Å². The lowest BCUT2D eigenvalue weighted by Crippen LogP contribution is -2.48. The van der Waals surface area contributed by atoms with Crippen LogP contribution in [0.25, 0.3) is 0 Å². The lowest BCUT2D eigenvalue weighted by molar-refractivity contribution is -0.116. The molecule has 5 nitrogen and oxygen atoms in total. The number of benzene rings is 1. The third-order valence-corrected chi connectivity index (χ3v) is 4.71. The van der Waals surface area contributed by atoms with Crippen LogP contribution in [0.15, 0.2) is 41.8 Å². The van der Waals surface area contributed by atoms with E-state index in [0.29, 0.717) is 24.2 Å². The highest BCUT2D eigenvalue weighted by Crippen LogP contribution is 2.14. The van der Waals surface area contributed by atoms with Crippen LogP contribution >= 0.6 is 11.3 Å². The highest BCUT2D eigenvalue weighted by molar-refractivity contribution is 7.09. The van der Waals surface area contributed by atoms with Gasteiger partial charge >= 0.3 is 0 Å². The zero-order chi connectivity index (χ0) is 18.3. The molecule has 25 heavy (non-hydrogen) atoms. The molecule has 0 aliphatic carbocycles. The summed E-state index contributed by atoms with van der Waals surface area (Å²) in [5.74, 6) is -0.249. The molecule has 0 saturated carbocycles. The first-order valence-electron chi connectivity index (χ1n) is 8.34. The second-order valence-corrected chi connectivity index (χ2v) is 7.64. The van der Waals surface area contributed by atoms with E-state index < -0.39 is 5.54 Å². The van der Waals surface area contributed by atoms with Gasteiger partial charge in [0.15, 0.2) is 0 Å². The van der Waals surface area contributed by atoms with E-state index in [1.54, 1.807) is 35.6 Å². The van der Waals surface area contributed by atoms with Crippen molar-refractivity contribution in [3.05, 3.63) is 52.2 Å². The molecule has 134 valence electrons. The maximum Gasteiger partial charge on any atom is 0.251 e. The molecule has 1 heterocycles. The number of hydrogen-bond acceptors (Lipinski definition) is 4. The number of thiophene rings is 1. The summed E-state index contributed by atoms with van der Waals surface area (Å²) >= 11 is 1.70. The minimum atomic E-state index is -0.474. The van der Waals surface area contributed by atoms with E-state index in [-0.39, 0.29) is 11.8 Å². The number of aryl methyl sites for hydroxylation is 1. The first kappa shape index (κ1) is 19.1. The molecule has 0 unspecified atom stereocenters. The average Bonchev–Trinajstić information content (AvgIpc) is 3.08. The molecule has 2 rings (SSSR count). The maximum atomic E-state index is 12.3. The lowest BCUT2D eigenvalue weighted by atomic mass is 10.0. The molecule has 4 N–H and O–H groups in total. The van der Waals surface area contributed by atoms with Gasteiger partial charge in [0, 0.05) is 34.6 Å². The predicted molar refractivity (Wildman–Crippen MR) is 103 cm³/mol. The van der Waals surface area contributed by atoms with Crippen LogP contribution in [-0.2, 0) is 11.2 Å². The fourth-order valence-corrected chi connectivity index (χ4v) is 3.02. The van der Waals surface area contributed by atoms with Crippen LogP contribution in [-0.4, -0.2) is 23.9 Å². The summed E-state index contributed by atoms with van der Waals surface area (Å²) in [6, 6.07) is 11.0. The molecule has 6 heteroatoms. The van der Waals surface area contributed by atoms with E-state index in [1.165, 1.54) is 4.88 Å². The Balaban J connectivity index is 1.87. The Morgan fingerprint density at radius 1 is 1.20 bits per heavy atom. The monoisotopic (exact) mass is 359 g/mol. The number of carbonyl (C=O) groups is 2. The Hall–Kier alpha value is -2.18. The molecule has 0 atom stereocenters. The maximum absolute atomic E-state index is 12.3. The van der Waals surface area contributed by atoms with Crippen molar-refractivity contribution in [2.45, 2.75) is 38.6 Å². The van der Waals surface area contributed by atoms with E-state index in [9.17, 15) is 9.59 Å². The normalized spacial score (nSPS) is 11.2. The third-order valence-electron chi connectivity index (χ3n) is 3.78. The van der Waals surface area contributed by atoms with E-state index in [4.69, 9.17) is 5.73 Å². The van der Waals surface area contributed by atoms with Crippen molar-refractivity contribution in [3.63, 3.8) is 0 Å². The summed E-state index contributed by atoms with van der Waals surface area (Å²) in [5.41, 5.74) is 6.29. The minimum Gasteiger partial charge on any atom is -0.346 e. The number of nitrogens with two attached hydrogens (primary N) is 1. The Morgan fingerprint density at radius 3 is 2.68 bits per heavy atom. The van der Waals surface area contributed by atoms with Crippen molar-refractivity contribution in [2.75, 3.05) is 11.9 Å². The Labute approximate surface area is 152 Å². The Morgan fingerprint density at radius 2 is 2.00 bits per heavy atom. The van der Waals surface area contributed by atoms with Gasteiger partial charge in [0.05, 0.1) is 0 Å². The van der Waals surface area contributed by atoms with Gasteiger partial charge in [-0.1, -0.05) is 12.1 Å². The van der Waals surface area contributed by atoms with Crippen LogP contribution < -0.4 is 16.4 Å². The van der Waals surface area contributed by atoms with Crippen molar-refractivity contribution in [1.29, 1.82) is 0 Å². The van der Waals surface area contributed by atoms with Gasteiger partial charge in [-0.25, -0.2) is 0 Å². The Bertz CT molecular complexity index is 711. The van der Waals surface area contributed by atoms with E-state index >= 15 is 0 Å². The summed E-state index contributed by atoms with van der Waals surface area (Å²) in [7, 11) is 0. The molecule has 0 bridgehead atoms. The summed E-state index contributed by atoms with van der Waals surface area (Å²) < 4.78 is 0. The average molecular weight is 359 g/mol. The molecule has 2 aromatic rings. The van der Waals surface area contributed by atoms with Crippen molar-refractivity contribution >= 4 is 28.8 Å². The number of anilines is 1. The first-order chi connectivity index (χ1) is 11.9. The van der Waals surface area contributed by atoms with Gasteiger partial charge in [0.2, 0.25) is 5.91 Å². The van der Waals surface area contributed by atoms with Crippen LogP contribution in [0, 0.1) is 0 Å². The zero-order valence-corrected chi connectivity index (χ0v) is 15.5. The van der Waals surface area contributed by atoms with Gasteiger partial charge < -0.3 is 16.4 Å². The smallest absolute Gasteiger partial charge is 0.251 e. The number of nitrogens with one attached hydrogen (secondary N) is 2. The number of amides is 2.